The smallest absolute Gasteiger partial charge is 0.108 e. The van der Waals surface area contributed by atoms with E-state index < -0.39 is 0 Å². The Morgan fingerprint density at radius 2 is 0.577 bits per heavy atom. The monoisotopic (exact) mass is 498 g/mol. The van der Waals surface area contributed by atoms with Crippen molar-refractivity contribution in [1.82, 2.24) is 0 Å². The number of halogens is 1. The lowest BCUT2D eigenvalue weighted by Crippen LogP contribution is -3.00. The predicted octanol–water partition coefficient (Wildman–Crippen LogP) is 5.69. The lowest BCUT2D eigenvalue weighted by Gasteiger charge is -2.10. The fraction of sp³-hybridized carbons (Fsp3) is 1.00. The molecular formula is C24H51IS. The van der Waals surface area contributed by atoms with Gasteiger partial charge in [0, 0.05) is 0 Å². The van der Waals surface area contributed by atoms with Crippen molar-refractivity contribution >= 4 is 10.9 Å². The van der Waals surface area contributed by atoms with Crippen LogP contribution in [-0.2, 0) is 10.9 Å². The molecule has 2 heteroatoms. The van der Waals surface area contributed by atoms with Crippen LogP contribution in [0.15, 0.2) is 0 Å². The largest absolute Gasteiger partial charge is 1.00 e. The molecule has 160 valence electrons. The van der Waals surface area contributed by atoms with Gasteiger partial charge in [0.1, 0.15) is 17.3 Å². The molecule has 0 fully saturated rings. The maximum absolute atomic E-state index is 2.32. The van der Waals surface area contributed by atoms with Crippen LogP contribution in [0.1, 0.15) is 136 Å². The predicted molar refractivity (Wildman–Crippen MR) is 122 cm³/mol. The fourth-order valence-corrected chi connectivity index (χ4v) is 6.02. The van der Waals surface area contributed by atoms with E-state index in [0.717, 1.165) is 10.9 Å². The first-order chi connectivity index (χ1) is 12.3. The minimum Gasteiger partial charge on any atom is -1.00 e. The van der Waals surface area contributed by atoms with Crippen molar-refractivity contribution in [2.45, 2.75) is 136 Å². The second-order valence-corrected chi connectivity index (χ2v) is 10.5. The Bertz CT molecular complexity index is 194. The van der Waals surface area contributed by atoms with Gasteiger partial charge in [0.25, 0.3) is 0 Å². The summed E-state index contributed by atoms with van der Waals surface area (Å²) in [5.74, 6) is 4.65. The Morgan fingerprint density at radius 1 is 0.346 bits per heavy atom. The standard InChI is InChI=1S/C24H51S.HI/c1-4-7-10-13-16-19-22-25(23-20-17-14-11-8-5-2)24-21-18-15-12-9-6-3;/h4-24H2,1-3H3;1H/q+1;/p-1. The van der Waals surface area contributed by atoms with E-state index in [2.05, 4.69) is 20.8 Å². The normalized spacial score (nSPS) is 11.1. The molecule has 0 spiro atoms. The van der Waals surface area contributed by atoms with Gasteiger partial charge < -0.3 is 24.0 Å². The Balaban J connectivity index is 0. The summed E-state index contributed by atoms with van der Waals surface area (Å²) in [6.45, 7) is 6.95. The van der Waals surface area contributed by atoms with E-state index in [9.17, 15) is 0 Å². The quantitative estimate of drug-likeness (QED) is 0.108. The highest BCUT2D eigenvalue weighted by Crippen LogP contribution is 2.14. The maximum Gasteiger partial charge on any atom is 0.108 e. The Morgan fingerprint density at radius 3 is 0.846 bits per heavy atom. The van der Waals surface area contributed by atoms with Crippen molar-refractivity contribution < 1.29 is 24.0 Å². The first-order valence-electron chi connectivity index (χ1n) is 12.0. The number of unbranched alkanes of at least 4 members (excludes halogenated alkanes) is 15. The summed E-state index contributed by atoms with van der Waals surface area (Å²) >= 11 is 0. The van der Waals surface area contributed by atoms with Crippen LogP contribution in [0.25, 0.3) is 0 Å². The molecule has 0 aliphatic heterocycles. The summed E-state index contributed by atoms with van der Waals surface area (Å²) in [6, 6.07) is 0. The van der Waals surface area contributed by atoms with Crippen molar-refractivity contribution in [1.29, 1.82) is 0 Å². The van der Waals surface area contributed by atoms with Crippen molar-refractivity contribution in [3.05, 3.63) is 0 Å². The summed E-state index contributed by atoms with van der Waals surface area (Å²) in [4.78, 5) is 0. The third kappa shape index (κ3) is 23.1. The minimum absolute atomic E-state index is 0. The van der Waals surface area contributed by atoms with Gasteiger partial charge in [-0.25, -0.2) is 0 Å². The molecule has 0 N–H and O–H groups in total. The second kappa shape index (κ2) is 26.1. The van der Waals surface area contributed by atoms with Crippen LogP contribution in [0.3, 0.4) is 0 Å². The zero-order chi connectivity index (χ0) is 18.4. The van der Waals surface area contributed by atoms with Gasteiger partial charge in [0.05, 0.1) is 0 Å². The van der Waals surface area contributed by atoms with Crippen LogP contribution in [0.4, 0.5) is 0 Å². The first-order valence-corrected chi connectivity index (χ1v) is 13.7. The van der Waals surface area contributed by atoms with Gasteiger partial charge in [-0.2, -0.15) is 0 Å². The van der Waals surface area contributed by atoms with Gasteiger partial charge >= 0.3 is 0 Å². The van der Waals surface area contributed by atoms with Gasteiger partial charge in [-0.15, -0.1) is 0 Å². The lowest BCUT2D eigenvalue weighted by atomic mass is 10.1. The first kappa shape index (κ1) is 29.3. The van der Waals surface area contributed by atoms with Gasteiger partial charge in [-0.05, 0) is 49.4 Å². The molecule has 26 heavy (non-hydrogen) atoms. The van der Waals surface area contributed by atoms with Crippen LogP contribution in [0.5, 0.6) is 0 Å². The molecule has 0 amide bonds. The molecule has 0 atom stereocenters. The minimum atomic E-state index is 0. The van der Waals surface area contributed by atoms with E-state index in [1.807, 2.05) is 0 Å². The lowest BCUT2D eigenvalue weighted by molar-refractivity contribution is -0.00000567. The molecule has 0 saturated carbocycles. The molecule has 0 bridgehead atoms. The molecule has 0 heterocycles. The van der Waals surface area contributed by atoms with Crippen molar-refractivity contribution in [2.24, 2.45) is 0 Å². The van der Waals surface area contributed by atoms with E-state index in [4.69, 9.17) is 0 Å². The molecule has 0 radical (unpaired) electrons. The summed E-state index contributed by atoms with van der Waals surface area (Å²) in [7, 11) is 0.754. The Labute approximate surface area is 187 Å². The second-order valence-electron chi connectivity index (χ2n) is 8.03. The molecule has 0 aromatic carbocycles. The summed E-state index contributed by atoms with van der Waals surface area (Å²) in [5, 5.41) is 0. The average molecular weight is 499 g/mol. The fourth-order valence-electron chi connectivity index (χ4n) is 3.57. The molecule has 0 aromatic heterocycles. The van der Waals surface area contributed by atoms with Gasteiger partial charge in [-0.1, -0.05) is 97.8 Å². The molecule has 0 nitrogen and oxygen atoms in total. The summed E-state index contributed by atoms with van der Waals surface area (Å²) in [5.41, 5.74) is 0. The summed E-state index contributed by atoms with van der Waals surface area (Å²) in [6.07, 6.45) is 26.4. The van der Waals surface area contributed by atoms with E-state index in [-0.39, 0.29) is 24.0 Å². The molecule has 0 aliphatic rings. The third-order valence-corrected chi connectivity index (χ3v) is 7.96. The zero-order valence-electron chi connectivity index (χ0n) is 18.6. The Hall–Kier alpha value is 1.08. The van der Waals surface area contributed by atoms with Crippen molar-refractivity contribution in [3.63, 3.8) is 0 Å². The average Bonchev–Trinajstić information content (AvgIpc) is 2.63. The van der Waals surface area contributed by atoms with Crippen LogP contribution in [0, 0.1) is 0 Å². The molecule has 0 rings (SSSR count). The molecule has 0 aliphatic carbocycles. The van der Waals surface area contributed by atoms with Crippen LogP contribution in [-0.4, -0.2) is 17.3 Å². The van der Waals surface area contributed by atoms with Crippen molar-refractivity contribution in [2.75, 3.05) is 17.3 Å². The van der Waals surface area contributed by atoms with Gasteiger partial charge in [-0.3, -0.25) is 0 Å². The van der Waals surface area contributed by atoms with Crippen LogP contribution < -0.4 is 24.0 Å². The van der Waals surface area contributed by atoms with Crippen LogP contribution in [0.2, 0.25) is 0 Å². The van der Waals surface area contributed by atoms with Crippen molar-refractivity contribution in [3.8, 4) is 0 Å². The van der Waals surface area contributed by atoms with Crippen LogP contribution >= 0.6 is 0 Å². The molecule has 0 saturated heterocycles. The highest BCUT2D eigenvalue weighted by Gasteiger charge is 2.16. The number of hydrogen-bond donors (Lipinski definition) is 0. The summed E-state index contributed by atoms with van der Waals surface area (Å²) < 4.78 is 0. The van der Waals surface area contributed by atoms with E-state index in [1.165, 1.54) is 116 Å². The number of rotatable bonds is 21. The van der Waals surface area contributed by atoms with E-state index in [1.54, 1.807) is 17.3 Å². The molecule has 0 unspecified atom stereocenters. The maximum atomic E-state index is 2.32. The molecular weight excluding hydrogens is 447 g/mol. The van der Waals surface area contributed by atoms with Gasteiger partial charge in [0.2, 0.25) is 0 Å². The Kier molecular flexibility index (Phi) is 29.4. The van der Waals surface area contributed by atoms with E-state index >= 15 is 0 Å². The highest BCUT2D eigenvalue weighted by molar-refractivity contribution is 7.96. The highest BCUT2D eigenvalue weighted by atomic mass is 127. The topological polar surface area (TPSA) is 0 Å². The zero-order valence-corrected chi connectivity index (χ0v) is 21.6. The third-order valence-electron chi connectivity index (χ3n) is 5.36. The number of hydrogen-bond acceptors (Lipinski definition) is 0. The van der Waals surface area contributed by atoms with Gasteiger partial charge in [0.15, 0.2) is 0 Å². The van der Waals surface area contributed by atoms with E-state index in [0.29, 0.717) is 0 Å². The SMILES string of the molecule is CCCCCCCC[S+](CCCCCCCC)CCCCCCCC.[I-]. The molecule has 0 aromatic rings.